The van der Waals surface area contributed by atoms with Crippen LogP contribution < -0.4 is 10.1 Å². The molecule has 0 aliphatic carbocycles. The minimum Gasteiger partial charge on any atom is -0.496 e. The first kappa shape index (κ1) is 12.8. The van der Waals surface area contributed by atoms with E-state index in [4.69, 9.17) is 4.74 Å². The normalized spacial score (nSPS) is 17.1. The Kier molecular flexibility index (Phi) is 4.36. The van der Waals surface area contributed by atoms with Gasteiger partial charge in [0.25, 0.3) is 0 Å². The van der Waals surface area contributed by atoms with Crippen LogP contribution in [0, 0.1) is 5.82 Å². The first-order valence-electron chi connectivity index (χ1n) is 5.65. The Hall–Kier alpha value is -0.650. The maximum absolute atomic E-state index is 13.4. The summed E-state index contributed by atoms with van der Waals surface area (Å²) in [6.45, 7) is 4.83. The SMILES string of the molecule is COc1cc(F)c(Br)cc1CN1CCNCC1. The lowest BCUT2D eigenvalue weighted by molar-refractivity contribution is 0.230. The molecular weight excluding hydrogens is 287 g/mol. The zero-order valence-corrected chi connectivity index (χ0v) is 11.4. The molecule has 1 heterocycles. The third-order valence-electron chi connectivity index (χ3n) is 2.93. The van der Waals surface area contributed by atoms with E-state index in [9.17, 15) is 4.39 Å². The average molecular weight is 303 g/mol. The molecule has 3 nitrogen and oxygen atoms in total. The first-order valence-corrected chi connectivity index (χ1v) is 6.45. The van der Waals surface area contributed by atoms with Crippen molar-refractivity contribution in [1.29, 1.82) is 0 Å². The van der Waals surface area contributed by atoms with E-state index in [2.05, 4.69) is 26.1 Å². The number of piperazine rings is 1. The third-order valence-corrected chi connectivity index (χ3v) is 3.53. The second-order valence-electron chi connectivity index (χ2n) is 4.10. The standard InChI is InChI=1S/C12H16BrFN2O/c1-17-12-7-11(14)10(13)6-9(12)8-16-4-2-15-3-5-16/h6-7,15H,2-5,8H2,1H3. The summed E-state index contributed by atoms with van der Waals surface area (Å²) in [4.78, 5) is 2.33. The zero-order chi connectivity index (χ0) is 12.3. The maximum atomic E-state index is 13.4. The van der Waals surface area contributed by atoms with Crippen LogP contribution in [0.3, 0.4) is 0 Å². The second kappa shape index (κ2) is 5.80. The van der Waals surface area contributed by atoms with Gasteiger partial charge in [-0.15, -0.1) is 0 Å². The molecule has 0 radical (unpaired) electrons. The number of ether oxygens (including phenoxy) is 1. The predicted octanol–water partition coefficient (Wildman–Crippen LogP) is 2.00. The lowest BCUT2D eigenvalue weighted by Crippen LogP contribution is -2.42. The molecule has 17 heavy (non-hydrogen) atoms. The number of halogens is 2. The molecule has 1 saturated heterocycles. The van der Waals surface area contributed by atoms with Gasteiger partial charge in [-0.1, -0.05) is 0 Å². The highest BCUT2D eigenvalue weighted by atomic mass is 79.9. The van der Waals surface area contributed by atoms with Crippen LogP contribution in [-0.2, 0) is 6.54 Å². The third kappa shape index (κ3) is 3.18. The fraction of sp³-hybridized carbons (Fsp3) is 0.500. The van der Waals surface area contributed by atoms with Gasteiger partial charge in [-0.2, -0.15) is 0 Å². The second-order valence-corrected chi connectivity index (χ2v) is 4.96. The van der Waals surface area contributed by atoms with Crippen molar-refractivity contribution in [3.63, 3.8) is 0 Å². The smallest absolute Gasteiger partial charge is 0.141 e. The highest BCUT2D eigenvalue weighted by Crippen LogP contribution is 2.27. The van der Waals surface area contributed by atoms with Gasteiger partial charge in [0.1, 0.15) is 11.6 Å². The summed E-state index contributed by atoms with van der Waals surface area (Å²) < 4.78 is 19.1. The molecule has 0 saturated carbocycles. The van der Waals surface area contributed by atoms with E-state index in [-0.39, 0.29) is 5.82 Å². The lowest BCUT2D eigenvalue weighted by atomic mass is 10.1. The molecule has 1 aromatic carbocycles. The van der Waals surface area contributed by atoms with Gasteiger partial charge in [0.15, 0.2) is 0 Å². The van der Waals surface area contributed by atoms with Gasteiger partial charge in [0, 0.05) is 44.4 Å². The number of nitrogens with one attached hydrogen (secondary N) is 1. The van der Waals surface area contributed by atoms with E-state index in [0.717, 1.165) is 38.3 Å². The summed E-state index contributed by atoms with van der Waals surface area (Å²) >= 11 is 3.21. The monoisotopic (exact) mass is 302 g/mol. The fourth-order valence-corrected chi connectivity index (χ4v) is 2.38. The highest BCUT2D eigenvalue weighted by molar-refractivity contribution is 9.10. The van der Waals surface area contributed by atoms with Crippen molar-refractivity contribution in [3.8, 4) is 5.75 Å². The van der Waals surface area contributed by atoms with Gasteiger partial charge in [0.05, 0.1) is 11.6 Å². The van der Waals surface area contributed by atoms with Crippen molar-refractivity contribution in [1.82, 2.24) is 10.2 Å². The zero-order valence-electron chi connectivity index (χ0n) is 9.80. The van der Waals surface area contributed by atoms with E-state index >= 15 is 0 Å². The molecule has 0 spiro atoms. The summed E-state index contributed by atoms with van der Waals surface area (Å²) in [5.74, 6) is 0.329. The van der Waals surface area contributed by atoms with Crippen LogP contribution in [-0.4, -0.2) is 38.2 Å². The molecule has 2 rings (SSSR count). The fourth-order valence-electron chi connectivity index (χ4n) is 1.99. The van der Waals surface area contributed by atoms with Gasteiger partial charge in [0.2, 0.25) is 0 Å². The summed E-state index contributed by atoms with van der Waals surface area (Å²) in [5.41, 5.74) is 1.02. The minimum atomic E-state index is -0.286. The molecule has 1 aromatic rings. The van der Waals surface area contributed by atoms with Gasteiger partial charge < -0.3 is 10.1 Å². The van der Waals surface area contributed by atoms with Crippen molar-refractivity contribution in [3.05, 3.63) is 28.0 Å². The van der Waals surface area contributed by atoms with Crippen LogP contribution in [0.4, 0.5) is 4.39 Å². The largest absolute Gasteiger partial charge is 0.496 e. The quantitative estimate of drug-likeness (QED) is 0.924. The Bertz CT molecular complexity index is 394. The molecule has 0 atom stereocenters. The van der Waals surface area contributed by atoms with Crippen LogP contribution in [0.15, 0.2) is 16.6 Å². The first-order chi connectivity index (χ1) is 8.20. The summed E-state index contributed by atoms with van der Waals surface area (Å²) in [7, 11) is 1.57. The van der Waals surface area contributed by atoms with E-state index in [1.54, 1.807) is 13.2 Å². The molecule has 5 heteroatoms. The van der Waals surface area contributed by atoms with Crippen molar-refractivity contribution in [2.45, 2.75) is 6.54 Å². The Morgan fingerprint density at radius 1 is 1.41 bits per heavy atom. The van der Waals surface area contributed by atoms with E-state index in [1.807, 2.05) is 0 Å². The number of methoxy groups -OCH3 is 1. The maximum Gasteiger partial charge on any atom is 0.141 e. The molecule has 0 aromatic heterocycles. The Morgan fingerprint density at radius 3 is 2.76 bits per heavy atom. The summed E-state index contributed by atoms with van der Waals surface area (Å²) in [6, 6.07) is 3.23. The molecule has 1 aliphatic rings. The molecular formula is C12H16BrFN2O. The van der Waals surface area contributed by atoms with Crippen LogP contribution in [0.5, 0.6) is 5.75 Å². The molecule has 0 unspecified atom stereocenters. The van der Waals surface area contributed by atoms with Crippen LogP contribution in [0.2, 0.25) is 0 Å². The molecule has 1 aliphatic heterocycles. The van der Waals surface area contributed by atoms with Gasteiger partial charge in [-0.25, -0.2) is 4.39 Å². The van der Waals surface area contributed by atoms with Crippen LogP contribution >= 0.6 is 15.9 Å². The molecule has 0 amide bonds. The Balaban J connectivity index is 2.15. The van der Waals surface area contributed by atoms with Gasteiger partial charge in [-0.3, -0.25) is 4.90 Å². The van der Waals surface area contributed by atoms with Crippen LogP contribution in [0.25, 0.3) is 0 Å². The van der Waals surface area contributed by atoms with Gasteiger partial charge in [-0.05, 0) is 22.0 Å². The van der Waals surface area contributed by atoms with Crippen molar-refractivity contribution >= 4 is 15.9 Å². The summed E-state index contributed by atoms with van der Waals surface area (Å²) in [5, 5.41) is 3.31. The van der Waals surface area contributed by atoms with E-state index in [0.29, 0.717) is 10.2 Å². The molecule has 1 N–H and O–H groups in total. The highest BCUT2D eigenvalue weighted by Gasteiger charge is 2.14. The van der Waals surface area contributed by atoms with E-state index in [1.165, 1.54) is 6.07 Å². The van der Waals surface area contributed by atoms with Crippen molar-refractivity contribution in [2.75, 3.05) is 33.3 Å². The molecule has 1 fully saturated rings. The van der Waals surface area contributed by atoms with Gasteiger partial charge >= 0.3 is 0 Å². The van der Waals surface area contributed by atoms with E-state index < -0.39 is 0 Å². The number of hydrogen-bond acceptors (Lipinski definition) is 3. The Morgan fingerprint density at radius 2 is 2.12 bits per heavy atom. The molecule has 94 valence electrons. The topological polar surface area (TPSA) is 24.5 Å². The van der Waals surface area contributed by atoms with Crippen molar-refractivity contribution < 1.29 is 9.13 Å². The number of rotatable bonds is 3. The predicted molar refractivity (Wildman–Crippen MR) is 68.8 cm³/mol. The average Bonchev–Trinajstić information content (AvgIpc) is 2.35. The molecule has 0 bridgehead atoms. The van der Waals surface area contributed by atoms with Crippen LogP contribution in [0.1, 0.15) is 5.56 Å². The lowest BCUT2D eigenvalue weighted by Gasteiger charge is -2.27. The number of benzene rings is 1. The Labute approximate surface area is 109 Å². The summed E-state index contributed by atoms with van der Waals surface area (Å²) in [6.07, 6.45) is 0. The number of nitrogens with zero attached hydrogens (tertiary/aromatic N) is 1. The minimum absolute atomic E-state index is 0.286. The van der Waals surface area contributed by atoms with Crippen molar-refractivity contribution in [2.24, 2.45) is 0 Å². The number of hydrogen-bond donors (Lipinski definition) is 1.